The van der Waals surface area contributed by atoms with Gasteiger partial charge in [-0.3, -0.25) is 14.5 Å². The smallest absolute Gasteiger partial charge is 0.269 e. The number of aromatic nitrogens is 2. The Balaban J connectivity index is 1.54. The number of anilines is 1. The van der Waals surface area contributed by atoms with E-state index in [1.807, 2.05) is 71.3 Å². The third kappa shape index (κ3) is 4.45. The van der Waals surface area contributed by atoms with Crippen molar-refractivity contribution in [2.45, 2.75) is 13.2 Å². The topological polar surface area (TPSA) is 81.7 Å². The maximum atomic E-state index is 11.1. The van der Waals surface area contributed by atoms with Gasteiger partial charge in [0.15, 0.2) is 11.4 Å². The van der Waals surface area contributed by atoms with Gasteiger partial charge in [-0.2, -0.15) is 0 Å². The average molecular weight is 450 g/mol. The van der Waals surface area contributed by atoms with E-state index in [4.69, 9.17) is 9.72 Å². The molecule has 5 rings (SSSR count). The van der Waals surface area contributed by atoms with E-state index >= 15 is 0 Å². The summed E-state index contributed by atoms with van der Waals surface area (Å²) >= 11 is 0. The molecule has 0 aliphatic heterocycles. The Hall–Kier alpha value is -4.65. The molecule has 0 aliphatic rings. The molecule has 7 heteroatoms. The van der Waals surface area contributed by atoms with Crippen molar-refractivity contribution < 1.29 is 9.66 Å². The number of imidazole rings is 1. The number of hydrogen-bond donors (Lipinski definition) is 1. The van der Waals surface area contributed by atoms with Crippen LogP contribution in [0.5, 0.6) is 5.75 Å². The highest BCUT2D eigenvalue weighted by molar-refractivity contribution is 5.79. The van der Waals surface area contributed by atoms with Crippen LogP contribution in [0.1, 0.15) is 11.1 Å². The number of benzene rings is 3. The Kier molecular flexibility index (Phi) is 5.90. The van der Waals surface area contributed by atoms with E-state index in [0.717, 1.165) is 22.5 Å². The normalized spacial score (nSPS) is 10.8. The van der Waals surface area contributed by atoms with Crippen molar-refractivity contribution in [3.63, 3.8) is 0 Å². The van der Waals surface area contributed by atoms with Crippen LogP contribution in [0.4, 0.5) is 11.5 Å². The van der Waals surface area contributed by atoms with Crippen LogP contribution >= 0.6 is 0 Å². The molecule has 0 radical (unpaired) electrons. The van der Waals surface area contributed by atoms with Crippen molar-refractivity contribution in [2.24, 2.45) is 0 Å². The number of pyridine rings is 1. The van der Waals surface area contributed by atoms with Crippen molar-refractivity contribution in [1.29, 1.82) is 0 Å². The number of nitrogens with one attached hydrogen (secondary N) is 1. The Bertz CT molecular complexity index is 1420. The standard InChI is InChI=1S/C27H22N4O3/c32-31(33)23-15-13-22(14-16-23)25-27(28-18-20-8-3-1-4-9-20)30-17-7-12-24(26(30)29-25)34-19-21-10-5-2-6-11-21/h1-17,28H,18-19H2. The lowest BCUT2D eigenvalue weighted by atomic mass is 10.1. The van der Waals surface area contributed by atoms with Gasteiger partial charge in [0.25, 0.3) is 5.69 Å². The number of ether oxygens (including phenoxy) is 1. The molecule has 5 aromatic rings. The molecule has 0 bridgehead atoms. The van der Waals surface area contributed by atoms with Crippen LogP contribution in [-0.2, 0) is 13.2 Å². The maximum Gasteiger partial charge on any atom is 0.269 e. The predicted octanol–water partition coefficient (Wildman–Crippen LogP) is 6.10. The summed E-state index contributed by atoms with van der Waals surface area (Å²) in [4.78, 5) is 15.6. The van der Waals surface area contributed by atoms with Crippen LogP contribution in [-0.4, -0.2) is 14.3 Å². The third-order valence-corrected chi connectivity index (χ3v) is 5.51. The first kappa shape index (κ1) is 21.2. The molecular weight excluding hydrogens is 428 g/mol. The summed E-state index contributed by atoms with van der Waals surface area (Å²) in [6.07, 6.45) is 1.93. The minimum atomic E-state index is -0.405. The zero-order valence-corrected chi connectivity index (χ0v) is 18.3. The number of nitro groups is 1. The first-order valence-electron chi connectivity index (χ1n) is 10.9. The Morgan fingerprint density at radius 2 is 1.53 bits per heavy atom. The quantitative estimate of drug-likeness (QED) is 0.228. The fourth-order valence-corrected chi connectivity index (χ4v) is 3.78. The minimum Gasteiger partial charge on any atom is -0.485 e. The van der Waals surface area contributed by atoms with Gasteiger partial charge in [-0.05, 0) is 35.4 Å². The zero-order valence-electron chi connectivity index (χ0n) is 18.3. The highest BCUT2D eigenvalue weighted by atomic mass is 16.6. The fraction of sp³-hybridized carbons (Fsp3) is 0.0741. The second-order valence-electron chi connectivity index (χ2n) is 7.79. The molecule has 0 saturated heterocycles. The number of rotatable bonds is 8. The summed E-state index contributed by atoms with van der Waals surface area (Å²) in [5.41, 5.74) is 4.37. The fourth-order valence-electron chi connectivity index (χ4n) is 3.78. The van der Waals surface area contributed by atoms with Crippen LogP contribution in [0.2, 0.25) is 0 Å². The van der Waals surface area contributed by atoms with Gasteiger partial charge in [-0.15, -0.1) is 0 Å². The second-order valence-corrected chi connectivity index (χ2v) is 7.79. The van der Waals surface area contributed by atoms with Crippen molar-refractivity contribution in [3.8, 4) is 17.0 Å². The molecular formula is C27H22N4O3. The minimum absolute atomic E-state index is 0.0400. The van der Waals surface area contributed by atoms with E-state index in [1.54, 1.807) is 12.1 Å². The summed E-state index contributed by atoms with van der Waals surface area (Å²) in [6.45, 7) is 1.02. The number of non-ortho nitro benzene ring substituents is 1. The number of hydrogen-bond acceptors (Lipinski definition) is 5. The second kappa shape index (κ2) is 9.46. The Morgan fingerprint density at radius 3 is 2.21 bits per heavy atom. The van der Waals surface area contributed by atoms with Crippen molar-refractivity contribution >= 4 is 17.2 Å². The molecule has 0 aliphatic carbocycles. The molecule has 0 amide bonds. The molecule has 0 atom stereocenters. The van der Waals surface area contributed by atoms with E-state index in [2.05, 4.69) is 17.4 Å². The summed E-state index contributed by atoms with van der Waals surface area (Å²) in [5, 5.41) is 14.6. The van der Waals surface area contributed by atoms with Gasteiger partial charge >= 0.3 is 0 Å². The summed E-state index contributed by atoms with van der Waals surface area (Å²) in [7, 11) is 0. The highest BCUT2D eigenvalue weighted by Gasteiger charge is 2.18. The maximum absolute atomic E-state index is 11.1. The lowest BCUT2D eigenvalue weighted by molar-refractivity contribution is -0.384. The van der Waals surface area contributed by atoms with Crippen molar-refractivity contribution in [1.82, 2.24) is 9.38 Å². The van der Waals surface area contributed by atoms with Gasteiger partial charge in [-0.1, -0.05) is 60.7 Å². The molecule has 2 aromatic heterocycles. The third-order valence-electron chi connectivity index (χ3n) is 5.51. The molecule has 7 nitrogen and oxygen atoms in total. The molecule has 168 valence electrons. The van der Waals surface area contributed by atoms with Crippen LogP contribution < -0.4 is 10.1 Å². The molecule has 1 N–H and O–H groups in total. The summed E-state index contributed by atoms with van der Waals surface area (Å²) in [6, 6.07) is 30.3. The monoisotopic (exact) mass is 450 g/mol. The zero-order chi connectivity index (χ0) is 23.3. The van der Waals surface area contributed by atoms with Gasteiger partial charge < -0.3 is 10.1 Å². The van der Waals surface area contributed by atoms with E-state index in [9.17, 15) is 10.1 Å². The number of nitrogens with zero attached hydrogens (tertiary/aromatic N) is 3. The van der Waals surface area contributed by atoms with E-state index in [-0.39, 0.29) is 5.69 Å². The molecule has 0 spiro atoms. The molecule has 0 saturated carbocycles. The molecule has 0 fully saturated rings. The van der Waals surface area contributed by atoms with Gasteiger partial charge in [-0.25, -0.2) is 4.98 Å². The van der Waals surface area contributed by atoms with Crippen LogP contribution in [0, 0.1) is 10.1 Å². The molecule has 2 heterocycles. The Morgan fingerprint density at radius 1 is 0.853 bits per heavy atom. The highest BCUT2D eigenvalue weighted by Crippen LogP contribution is 2.33. The molecule has 0 unspecified atom stereocenters. The van der Waals surface area contributed by atoms with Gasteiger partial charge in [0.1, 0.15) is 18.1 Å². The van der Waals surface area contributed by atoms with Crippen LogP contribution in [0.15, 0.2) is 103 Å². The number of nitro benzene ring substituents is 1. The number of fused-ring (bicyclic) bond motifs is 1. The van der Waals surface area contributed by atoms with Gasteiger partial charge in [0, 0.05) is 30.4 Å². The summed E-state index contributed by atoms with van der Waals surface area (Å²) < 4.78 is 8.08. The van der Waals surface area contributed by atoms with E-state index in [1.165, 1.54) is 12.1 Å². The SMILES string of the molecule is O=[N+]([O-])c1ccc(-c2nc3c(OCc4ccccc4)cccn3c2NCc2ccccc2)cc1. The van der Waals surface area contributed by atoms with E-state index in [0.29, 0.717) is 30.2 Å². The van der Waals surface area contributed by atoms with Crippen molar-refractivity contribution in [2.75, 3.05) is 5.32 Å². The van der Waals surface area contributed by atoms with Crippen LogP contribution in [0.25, 0.3) is 16.9 Å². The van der Waals surface area contributed by atoms with Gasteiger partial charge in [0.2, 0.25) is 0 Å². The van der Waals surface area contributed by atoms with Crippen LogP contribution in [0.3, 0.4) is 0 Å². The summed E-state index contributed by atoms with van der Waals surface area (Å²) in [5.74, 6) is 1.44. The van der Waals surface area contributed by atoms with E-state index < -0.39 is 4.92 Å². The Labute approximate surface area is 196 Å². The first-order valence-corrected chi connectivity index (χ1v) is 10.9. The van der Waals surface area contributed by atoms with Gasteiger partial charge in [0.05, 0.1) is 4.92 Å². The molecule has 34 heavy (non-hydrogen) atoms. The lowest BCUT2D eigenvalue weighted by Gasteiger charge is -2.10. The molecule has 3 aromatic carbocycles. The largest absolute Gasteiger partial charge is 0.485 e. The van der Waals surface area contributed by atoms with Crippen molar-refractivity contribution in [3.05, 3.63) is 124 Å². The average Bonchev–Trinajstić information content (AvgIpc) is 3.26. The lowest BCUT2D eigenvalue weighted by Crippen LogP contribution is -2.04. The predicted molar refractivity (Wildman–Crippen MR) is 132 cm³/mol. The first-order chi connectivity index (χ1) is 16.7.